The van der Waals surface area contributed by atoms with Gasteiger partial charge in [0.25, 0.3) is 0 Å². The molecule has 3 nitrogen and oxygen atoms in total. The Kier molecular flexibility index (Phi) is 7.33. The van der Waals surface area contributed by atoms with Crippen molar-refractivity contribution < 1.29 is 0 Å². The summed E-state index contributed by atoms with van der Waals surface area (Å²) in [7, 11) is 4.31. The Morgan fingerprint density at radius 3 is 2.37 bits per heavy atom. The minimum Gasteiger partial charge on any atom is -0.326 e. The van der Waals surface area contributed by atoms with Gasteiger partial charge in [0.1, 0.15) is 0 Å². The third-order valence-electron chi connectivity index (χ3n) is 4.46. The number of hydrogen-bond acceptors (Lipinski definition) is 3. The van der Waals surface area contributed by atoms with Crippen LogP contribution in [0.3, 0.4) is 0 Å². The van der Waals surface area contributed by atoms with Gasteiger partial charge in [0.15, 0.2) is 0 Å². The second-order valence-corrected chi connectivity index (χ2v) is 7.01. The molecule has 0 heterocycles. The lowest BCUT2D eigenvalue weighted by atomic mass is 9.80. The number of nitrogens with two attached hydrogens (primary N) is 1. The summed E-state index contributed by atoms with van der Waals surface area (Å²) in [6, 6.07) is 0.977. The highest BCUT2D eigenvalue weighted by molar-refractivity contribution is 4.89. The van der Waals surface area contributed by atoms with Crippen LogP contribution in [0.15, 0.2) is 0 Å². The molecule has 3 atom stereocenters. The summed E-state index contributed by atoms with van der Waals surface area (Å²) in [6.45, 7) is 10.4. The summed E-state index contributed by atoms with van der Waals surface area (Å²) in [4.78, 5) is 4.94. The fourth-order valence-electron chi connectivity index (χ4n) is 3.24. The van der Waals surface area contributed by atoms with Gasteiger partial charge >= 0.3 is 0 Å². The molecule has 114 valence electrons. The van der Waals surface area contributed by atoms with Crippen molar-refractivity contribution >= 4 is 0 Å². The Hall–Kier alpha value is -0.120. The van der Waals surface area contributed by atoms with Crippen molar-refractivity contribution in [3.05, 3.63) is 0 Å². The highest BCUT2D eigenvalue weighted by Gasteiger charge is 2.31. The van der Waals surface area contributed by atoms with E-state index in [1.54, 1.807) is 0 Å². The van der Waals surface area contributed by atoms with E-state index >= 15 is 0 Å². The van der Waals surface area contributed by atoms with E-state index < -0.39 is 0 Å². The molecular formula is C16H35N3. The quantitative estimate of drug-likeness (QED) is 0.770. The molecule has 0 aromatic heterocycles. The molecule has 1 aliphatic rings. The number of likely N-dealkylation sites (N-methyl/N-ethyl adjacent to an activating group) is 1. The molecule has 3 unspecified atom stereocenters. The van der Waals surface area contributed by atoms with Crippen LogP contribution in [0, 0.1) is 11.8 Å². The molecule has 0 amide bonds. The Morgan fingerprint density at radius 1 is 1.16 bits per heavy atom. The zero-order valence-corrected chi connectivity index (χ0v) is 13.7. The smallest absolute Gasteiger partial charge is 0.0250 e. The molecule has 0 spiro atoms. The topological polar surface area (TPSA) is 32.5 Å². The van der Waals surface area contributed by atoms with Gasteiger partial charge in [-0.15, -0.1) is 0 Å². The van der Waals surface area contributed by atoms with Gasteiger partial charge in [-0.3, -0.25) is 4.90 Å². The summed E-state index contributed by atoms with van der Waals surface area (Å²) in [5.41, 5.74) is 6.42. The van der Waals surface area contributed by atoms with Crippen LogP contribution in [0.2, 0.25) is 0 Å². The summed E-state index contributed by atoms with van der Waals surface area (Å²) >= 11 is 0. The maximum Gasteiger partial charge on any atom is 0.0250 e. The van der Waals surface area contributed by atoms with E-state index in [1.807, 2.05) is 0 Å². The predicted octanol–water partition coefficient (Wildman–Crippen LogP) is 2.41. The molecule has 0 aliphatic heterocycles. The van der Waals surface area contributed by atoms with Crippen LogP contribution in [0.25, 0.3) is 0 Å². The average molecular weight is 269 g/mol. The highest BCUT2D eigenvalue weighted by Crippen LogP contribution is 2.29. The van der Waals surface area contributed by atoms with Crippen LogP contribution in [-0.2, 0) is 0 Å². The Balaban J connectivity index is 2.64. The first-order valence-corrected chi connectivity index (χ1v) is 8.08. The zero-order valence-electron chi connectivity index (χ0n) is 13.7. The second kappa shape index (κ2) is 8.23. The fraction of sp³-hybridized carbons (Fsp3) is 1.00. The van der Waals surface area contributed by atoms with Crippen molar-refractivity contribution in [1.29, 1.82) is 0 Å². The van der Waals surface area contributed by atoms with Crippen LogP contribution in [-0.4, -0.2) is 55.6 Å². The molecule has 0 radical (unpaired) electrons. The lowest BCUT2D eigenvalue weighted by Crippen LogP contribution is -2.53. The van der Waals surface area contributed by atoms with Crippen molar-refractivity contribution in [3.63, 3.8) is 0 Å². The van der Waals surface area contributed by atoms with Crippen LogP contribution >= 0.6 is 0 Å². The Morgan fingerprint density at radius 2 is 1.84 bits per heavy atom. The van der Waals surface area contributed by atoms with Crippen LogP contribution in [0.5, 0.6) is 0 Å². The first-order chi connectivity index (χ1) is 8.93. The van der Waals surface area contributed by atoms with Gasteiger partial charge in [0, 0.05) is 31.7 Å². The minimum absolute atomic E-state index is 0.378. The molecule has 0 bridgehead atoms. The zero-order chi connectivity index (χ0) is 14.4. The van der Waals surface area contributed by atoms with Gasteiger partial charge in [0.05, 0.1) is 0 Å². The molecule has 1 saturated carbocycles. The van der Waals surface area contributed by atoms with E-state index in [0.717, 1.165) is 24.9 Å². The van der Waals surface area contributed by atoms with Crippen LogP contribution in [0.1, 0.15) is 46.5 Å². The average Bonchev–Trinajstić information content (AvgIpc) is 2.34. The molecule has 1 fully saturated rings. The monoisotopic (exact) mass is 269 g/mol. The van der Waals surface area contributed by atoms with Gasteiger partial charge in [-0.1, -0.05) is 27.2 Å². The summed E-state index contributed by atoms with van der Waals surface area (Å²) in [6.07, 6.45) is 5.15. The normalized spacial score (nSPS) is 28.6. The van der Waals surface area contributed by atoms with Gasteiger partial charge in [-0.25, -0.2) is 0 Å². The minimum atomic E-state index is 0.378. The summed E-state index contributed by atoms with van der Waals surface area (Å²) < 4.78 is 0. The predicted molar refractivity (Wildman–Crippen MR) is 84.4 cm³/mol. The third kappa shape index (κ3) is 5.80. The summed E-state index contributed by atoms with van der Waals surface area (Å²) in [5, 5.41) is 0. The van der Waals surface area contributed by atoms with Crippen molar-refractivity contribution in [2.75, 3.05) is 33.7 Å². The van der Waals surface area contributed by atoms with Crippen LogP contribution < -0.4 is 5.73 Å². The van der Waals surface area contributed by atoms with E-state index in [9.17, 15) is 0 Å². The highest BCUT2D eigenvalue weighted by atomic mass is 15.2. The van der Waals surface area contributed by atoms with Gasteiger partial charge in [0.2, 0.25) is 0 Å². The van der Waals surface area contributed by atoms with Gasteiger partial charge in [-0.2, -0.15) is 0 Å². The Labute approximate surface area is 120 Å². The van der Waals surface area contributed by atoms with Gasteiger partial charge < -0.3 is 10.6 Å². The number of rotatable bonds is 7. The SMILES string of the molecule is CCC1CCC(N)C(N(CCN(C)C)CC(C)C)C1. The molecule has 0 aromatic rings. The van der Waals surface area contributed by atoms with Crippen molar-refractivity contribution in [3.8, 4) is 0 Å². The van der Waals surface area contributed by atoms with Crippen LogP contribution in [0.4, 0.5) is 0 Å². The largest absolute Gasteiger partial charge is 0.326 e. The van der Waals surface area contributed by atoms with E-state index in [-0.39, 0.29) is 0 Å². The lowest BCUT2D eigenvalue weighted by Gasteiger charge is -2.42. The first-order valence-electron chi connectivity index (χ1n) is 8.08. The lowest BCUT2D eigenvalue weighted by molar-refractivity contribution is 0.0917. The molecule has 3 heteroatoms. The first kappa shape index (κ1) is 16.9. The second-order valence-electron chi connectivity index (χ2n) is 7.01. The molecule has 2 N–H and O–H groups in total. The Bertz CT molecular complexity index is 240. The van der Waals surface area contributed by atoms with Crippen molar-refractivity contribution in [1.82, 2.24) is 9.80 Å². The molecule has 0 aromatic carbocycles. The molecule has 0 saturated heterocycles. The van der Waals surface area contributed by atoms with E-state index in [0.29, 0.717) is 12.1 Å². The third-order valence-corrected chi connectivity index (χ3v) is 4.46. The number of nitrogens with zero attached hydrogens (tertiary/aromatic N) is 2. The maximum absolute atomic E-state index is 6.42. The molecule has 1 rings (SSSR count). The molecular weight excluding hydrogens is 234 g/mol. The molecule has 1 aliphatic carbocycles. The fourth-order valence-corrected chi connectivity index (χ4v) is 3.24. The molecule has 19 heavy (non-hydrogen) atoms. The standard InChI is InChI=1S/C16H35N3/c1-6-14-7-8-15(17)16(11-14)19(12-13(2)3)10-9-18(4)5/h13-16H,6-12,17H2,1-5H3. The van der Waals surface area contributed by atoms with E-state index in [2.05, 4.69) is 44.7 Å². The van der Waals surface area contributed by atoms with E-state index in [4.69, 9.17) is 5.73 Å². The number of hydrogen-bond donors (Lipinski definition) is 1. The van der Waals surface area contributed by atoms with Crippen molar-refractivity contribution in [2.45, 2.75) is 58.5 Å². The van der Waals surface area contributed by atoms with Gasteiger partial charge in [-0.05, 0) is 45.2 Å². The van der Waals surface area contributed by atoms with E-state index in [1.165, 1.54) is 32.2 Å². The maximum atomic E-state index is 6.42. The van der Waals surface area contributed by atoms with Crippen molar-refractivity contribution in [2.24, 2.45) is 17.6 Å². The summed E-state index contributed by atoms with van der Waals surface area (Å²) in [5.74, 6) is 1.61.